The molecule has 1 aliphatic rings. The first-order valence-electron chi connectivity index (χ1n) is 14.1. The van der Waals surface area contributed by atoms with Crippen molar-refractivity contribution in [3.63, 3.8) is 0 Å². The number of benzene rings is 1. The highest BCUT2D eigenvalue weighted by atomic mass is 16.2. The molecule has 1 aromatic carbocycles. The predicted octanol–water partition coefficient (Wildman–Crippen LogP) is 7.46. The Morgan fingerprint density at radius 2 is 1.41 bits per heavy atom. The lowest BCUT2D eigenvalue weighted by atomic mass is 10.0. The van der Waals surface area contributed by atoms with E-state index in [1.54, 1.807) is 0 Å². The maximum absolute atomic E-state index is 12.8. The van der Waals surface area contributed by atoms with Crippen LogP contribution >= 0.6 is 0 Å². The Bertz CT molecular complexity index is 713. The van der Waals surface area contributed by atoms with Crippen LogP contribution in [0.4, 0.5) is 11.4 Å². The number of unbranched alkanes of at least 4 members (excludes halogenated alkanes) is 10. The van der Waals surface area contributed by atoms with E-state index in [4.69, 9.17) is 0 Å². The van der Waals surface area contributed by atoms with Crippen LogP contribution in [-0.2, 0) is 4.79 Å². The van der Waals surface area contributed by atoms with Gasteiger partial charge in [0, 0.05) is 37.4 Å². The fourth-order valence-electron chi connectivity index (χ4n) is 4.71. The summed E-state index contributed by atoms with van der Waals surface area (Å²) in [6.07, 6.45) is 19.1. The lowest BCUT2D eigenvalue weighted by Gasteiger charge is -2.30. The molecule has 1 saturated heterocycles. The van der Waals surface area contributed by atoms with E-state index in [1.165, 1.54) is 64.2 Å². The second-order valence-electron chi connectivity index (χ2n) is 9.87. The highest BCUT2D eigenvalue weighted by Crippen LogP contribution is 2.27. The van der Waals surface area contributed by atoms with Gasteiger partial charge in [0.05, 0.1) is 5.56 Å². The van der Waals surface area contributed by atoms with E-state index in [2.05, 4.69) is 29.4 Å². The minimum atomic E-state index is -0.0520. The van der Waals surface area contributed by atoms with Crippen molar-refractivity contribution in [2.24, 2.45) is 0 Å². The third kappa shape index (κ3) is 10.9. The Morgan fingerprint density at radius 1 is 0.794 bits per heavy atom. The average molecular weight is 472 g/mol. The van der Waals surface area contributed by atoms with Gasteiger partial charge in [0.1, 0.15) is 0 Å². The van der Waals surface area contributed by atoms with Gasteiger partial charge in [-0.25, -0.2) is 0 Å². The van der Waals surface area contributed by atoms with E-state index in [9.17, 15) is 9.59 Å². The van der Waals surface area contributed by atoms with Gasteiger partial charge in [-0.2, -0.15) is 0 Å². The first-order valence-corrected chi connectivity index (χ1v) is 14.1. The molecule has 0 unspecified atom stereocenters. The Morgan fingerprint density at radius 3 is 2.03 bits per heavy atom. The van der Waals surface area contributed by atoms with Crippen molar-refractivity contribution in [2.75, 3.05) is 29.9 Å². The zero-order chi connectivity index (χ0) is 24.4. The Kier molecular flexibility index (Phi) is 14.4. The molecule has 0 aliphatic carbocycles. The summed E-state index contributed by atoms with van der Waals surface area (Å²) in [5, 5.41) is 6.03. The molecule has 0 bridgehead atoms. The lowest BCUT2D eigenvalue weighted by molar-refractivity contribution is -0.116. The summed E-state index contributed by atoms with van der Waals surface area (Å²) < 4.78 is 0. The maximum atomic E-state index is 12.8. The first-order chi connectivity index (χ1) is 16.7. The highest BCUT2D eigenvalue weighted by Gasteiger charge is 2.19. The van der Waals surface area contributed by atoms with Crippen molar-refractivity contribution in [1.82, 2.24) is 5.32 Å². The van der Waals surface area contributed by atoms with Crippen LogP contribution in [0, 0.1) is 0 Å². The van der Waals surface area contributed by atoms with E-state index in [0.29, 0.717) is 18.5 Å². The Labute approximate surface area is 208 Å². The van der Waals surface area contributed by atoms with Crippen LogP contribution < -0.4 is 15.5 Å². The molecule has 2 rings (SSSR count). The Hall–Kier alpha value is -2.04. The van der Waals surface area contributed by atoms with Crippen molar-refractivity contribution in [1.29, 1.82) is 0 Å². The zero-order valence-electron chi connectivity index (χ0n) is 21.9. The minimum Gasteiger partial charge on any atom is -0.371 e. The highest BCUT2D eigenvalue weighted by molar-refractivity contribution is 6.02. The number of hydrogen-bond acceptors (Lipinski definition) is 3. The number of rotatable bonds is 17. The molecule has 1 fully saturated rings. The summed E-state index contributed by atoms with van der Waals surface area (Å²) >= 11 is 0. The minimum absolute atomic E-state index is 0.0431. The summed E-state index contributed by atoms with van der Waals surface area (Å²) in [6, 6.07) is 5.80. The lowest BCUT2D eigenvalue weighted by Crippen LogP contribution is -2.33. The van der Waals surface area contributed by atoms with Gasteiger partial charge in [-0.3, -0.25) is 9.59 Å². The number of carbonyl (C=O) groups excluding carboxylic acids is 2. The van der Waals surface area contributed by atoms with Gasteiger partial charge < -0.3 is 15.5 Å². The normalized spacial score (nSPS) is 13.6. The van der Waals surface area contributed by atoms with Crippen LogP contribution in [0.1, 0.15) is 127 Å². The van der Waals surface area contributed by atoms with Gasteiger partial charge in [0.2, 0.25) is 5.91 Å². The van der Waals surface area contributed by atoms with Gasteiger partial charge in [-0.05, 0) is 50.3 Å². The number of amides is 2. The number of piperidine rings is 1. The quantitative estimate of drug-likeness (QED) is 0.232. The molecule has 0 saturated carbocycles. The molecule has 192 valence electrons. The zero-order valence-corrected chi connectivity index (χ0v) is 21.9. The summed E-state index contributed by atoms with van der Waals surface area (Å²) in [4.78, 5) is 27.6. The van der Waals surface area contributed by atoms with Gasteiger partial charge in [-0.1, -0.05) is 78.1 Å². The van der Waals surface area contributed by atoms with Crippen molar-refractivity contribution in [2.45, 2.75) is 117 Å². The molecule has 1 aromatic rings. The molecule has 2 N–H and O–H groups in total. The molecule has 0 spiro atoms. The number of nitrogens with one attached hydrogen (secondary N) is 2. The number of nitrogens with zero attached hydrogens (tertiary/aromatic N) is 1. The molecule has 34 heavy (non-hydrogen) atoms. The van der Waals surface area contributed by atoms with Crippen molar-refractivity contribution in [3.05, 3.63) is 23.8 Å². The molecule has 1 aliphatic heterocycles. The molecule has 0 atom stereocenters. The molecular weight excluding hydrogens is 422 g/mol. The van der Waals surface area contributed by atoms with Crippen molar-refractivity contribution >= 4 is 23.2 Å². The summed E-state index contributed by atoms with van der Waals surface area (Å²) in [7, 11) is 0. The van der Waals surface area contributed by atoms with E-state index >= 15 is 0 Å². The second-order valence-corrected chi connectivity index (χ2v) is 9.87. The maximum Gasteiger partial charge on any atom is 0.253 e. The average Bonchev–Trinajstić information content (AvgIpc) is 2.86. The number of anilines is 2. The van der Waals surface area contributed by atoms with Crippen LogP contribution in [0.2, 0.25) is 0 Å². The van der Waals surface area contributed by atoms with Crippen LogP contribution in [0.25, 0.3) is 0 Å². The summed E-state index contributed by atoms with van der Waals surface area (Å²) in [5.74, 6) is -0.00884. The van der Waals surface area contributed by atoms with Gasteiger partial charge in [-0.15, -0.1) is 0 Å². The van der Waals surface area contributed by atoms with E-state index in [-0.39, 0.29) is 11.8 Å². The van der Waals surface area contributed by atoms with E-state index in [1.807, 2.05) is 18.2 Å². The fourth-order valence-corrected chi connectivity index (χ4v) is 4.71. The van der Waals surface area contributed by atoms with E-state index in [0.717, 1.165) is 56.6 Å². The summed E-state index contributed by atoms with van der Waals surface area (Å²) in [6.45, 7) is 6.94. The molecule has 0 aromatic heterocycles. The summed E-state index contributed by atoms with van der Waals surface area (Å²) in [5.41, 5.74) is 2.37. The van der Waals surface area contributed by atoms with Crippen LogP contribution in [-0.4, -0.2) is 31.4 Å². The molecule has 5 nitrogen and oxygen atoms in total. The molecule has 0 radical (unpaired) electrons. The molecular formula is C29H49N3O2. The van der Waals surface area contributed by atoms with Gasteiger partial charge in [0.15, 0.2) is 0 Å². The smallest absolute Gasteiger partial charge is 0.253 e. The van der Waals surface area contributed by atoms with Crippen LogP contribution in [0.5, 0.6) is 0 Å². The largest absolute Gasteiger partial charge is 0.371 e. The third-order valence-corrected chi connectivity index (χ3v) is 6.76. The molecule has 5 heteroatoms. The predicted molar refractivity (Wildman–Crippen MR) is 145 cm³/mol. The third-order valence-electron chi connectivity index (χ3n) is 6.76. The van der Waals surface area contributed by atoms with Crippen molar-refractivity contribution < 1.29 is 9.59 Å². The second kappa shape index (κ2) is 17.4. The SMILES string of the molecule is CCCCCCCCCCCCCC(=O)Nc1ccc(N2CCCCC2)c(C(=O)NCCC)c1. The van der Waals surface area contributed by atoms with Gasteiger partial charge in [0.25, 0.3) is 5.91 Å². The number of carbonyl (C=O) groups is 2. The monoisotopic (exact) mass is 471 g/mol. The topological polar surface area (TPSA) is 61.4 Å². The van der Waals surface area contributed by atoms with E-state index < -0.39 is 0 Å². The van der Waals surface area contributed by atoms with Crippen LogP contribution in [0.3, 0.4) is 0 Å². The number of hydrogen-bond donors (Lipinski definition) is 2. The first kappa shape index (κ1) is 28.2. The van der Waals surface area contributed by atoms with Gasteiger partial charge >= 0.3 is 0 Å². The standard InChI is InChI=1S/C29H49N3O2/c1-3-5-6-7-8-9-10-11-12-13-15-18-28(33)31-25-19-20-27(32-22-16-14-17-23-32)26(24-25)29(34)30-21-4-2/h19-20,24H,3-18,21-23H2,1-2H3,(H,30,34)(H,31,33). The molecule has 1 heterocycles. The van der Waals surface area contributed by atoms with Crippen LogP contribution in [0.15, 0.2) is 18.2 Å². The molecule has 2 amide bonds. The Balaban J connectivity index is 1.75. The van der Waals surface area contributed by atoms with Crippen molar-refractivity contribution in [3.8, 4) is 0 Å². The fraction of sp³-hybridized carbons (Fsp3) is 0.724.